The van der Waals surface area contributed by atoms with Crippen molar-refractivity contribution in [1.82, 2.24) is 10.3 Å². The van der Waals surface area contributed by atoms with E-state index in [1.165, 1.54) is 0 Å². The number of thioether (sulfide) groups is 1. The van der Waals surface area contributed by atoms with Gasteiger partial charge in [0.05, 0.1) is 5.69 Å². The highest BCUT2D eigenvalue weighted by Crippen LogP contribution is 2.10. The maximum Gasteiger partial charge on any atom is 0.220 e. The van der Waals surface area contributed by atoms with Gasteiger partial charge in [-0.05, 0) is 18.6 Å². The third kappa shape index (κ3) is 6.97. The van der Waals surface area contributed by atoms with Crippen LogP contribution in [0.4, 0.5) is 0 Å². The summed E-state index contributed by atoms with van der Waals surface area (Å²) in [5, 5.41) is 11.3. The number of hydrogen-bond acceptors (Lipinski definition) is 4. The van der Waals surface area contributed by atoms with Gasteiger partial charge in [-0.3, -0.25) is 9.78 Å². The van der Waals surface area contributed by atoms with Gasteiger partial charge in [0.15, 0.2) is 0 Å². The SMILES string of the molecule is O=C(CCSCc1ccccn1)NCCCO. The monoisotopic (exact) mass is 254 g/mol. The van der Waals surface area contributed by atoms with E-state index in [9.17, 15) is 4.79 Å². The molecule has 0 unspecified atom stereocenters. The number of rotatable bonds is 8. The Balaban J connectivity index is 2.02. The molecule has 0 saturated heterocycles. The molecule has 17 heavy (non-hydrogen) atoms. The van der Waals surface area contributed by atoms with Crippen LogP contribution in [0.15, 0.2) is 24.4 Å². The Hall–Kier alpha value is -1.07. The molecule has 94 valence electrons. The van der Waals surface area contributed by atoms with E-state index >= 15 is 0 Å². The number of aliphatic hydroxyl groups excluding tert-OH is 1. The lowest BCUT2D eigenvalue weighted by molar-refractivity contribution is -0.120. The zero-order chi connectivity index (χ0) is 12.3. The first-order valence-electron chi connectivity index (χ1n) is 5.68. The number of aliphatic hydroxyl groups is 1. The lowest BCUT2D eigenvalue weighted by Gasteiger charge is -2.03. The highest BCUT2D eigenvalue weighted by Gasteiger charge is 2.00. The average Bonchev–Trinajstić information content (AvgIpc) is 2.36. The molecule has 0 atom stereocenters. The summed E-state index contributed by atoms with van der Waals surface area (Å²) in [6.45, 7) is 0.676. The van der Waals surface area contributed by atoms with Crippen molar-refractivity contribution in [1.29, 1.82) is 0 Å². The Morgan fingerprint density at radius 2 is 2.35 bits per heavy atom. The summed E-state index contributed by atoms with van der Waals surface area (Å²) in [5.74, 6) is 1.68. The maximum atomic E-state index is 11.3. The molecule has 4 nitrogen and oxygen atoms in total. The summed E-state index contributed by atoms with van der Waals surface area (Å²) in [7, 11) is 0. The van der Waals surface area contributed by atoms with Crippen LogP contribution in [0.5, 0.6) is 0 Å². The summed E-state index contributed by atoms with van der Waals surface area (Å²) in [4.78, 5) is 15.5. The van der Waals surface area contributed by atoms with Gasteiger partial charge in [0.1, 0.15) is 0 Å². The van der Waals surface area contributed by atoms with Gasteiger partial charge in [0.25, 0.3) is 0 Å². The van der Waals surface area contributed by atoms with Crippen molar-refractivity contribution < 1.29 is 9.90 Å². The minimum Gasteiger partial charge on any atom is -0.396 e. The molecule has 0 aromatic carbocycles. The van der Waals surface area contributed by atoms with Crippen molar-refractivity contribution in [3.63, 3.8) is 0 Å². The molecule has 0 aliphatic heterocycles. The molecular weight excluding hydrogens is 236 g/mol. The fourth-order valence-corrected chi connectivity index (χ4v) is 2.07. The summed E-state index contributed by atoms with van der Waals surface area (Å²) in [5.41, 5.74) is 1.04. The van der Waals surface area contributed by atoms with Crippen molar-refractivity contribution in [3.05, 3.63) is 30.1 Å². The molecule has 0 fully saturated rings. The summed E-state index contributed by atoms with van der Waals surface area (Å²) in [6.07, 6.45) is 2.91. The minimum atomic E-state index is 0.0481. The van der Waals surface area contributed by atoms with Crippen LogP contribution in [0.3, 0.4) is 0 Å². The molecule has 0 saturated carbocycles. The van der Waals surface area contributed by atoms with Gasteiger partial charge in [-0.15, -0.1) is 0 Å². The van der Waals surface area contributed by atoms with Gasteiger partial charge in [0.2, 0.25) is 5.91 Å². The van der Waals surface area contributed by atoms with E-state index < -0.39 is 0 Å². The number of carbonyl (C=O) groups excluding carboxylic acids is 1. The van der Waals surface area contributed by atoms with Crippen LogP contribution in [0.25, 0.3) is 0 Å². The van der Waals surface area contributed by atoms with E-state index in [1.807, 2.05) is 18.2 Å². The number of nitrogens with zero attached hydrogens (tertiary/aromatic N) is 1. The van der Waals surface area contributed by atoms with E-state index in [4.69, 9.17) is 5.11 Å². The van der Waals surface area contributed by atoms with Crippen LogP contribution in [0, 0.1) is 0 Å². The molecule has 0 radical (unpaired) electrons. The van der Waals surface area contributed by atoms with Gasteiger partial charge < -0.3 is 10.4 Å². The van der Waals surface area contributed by atoms with Gasteiger partial charge >= 0.3 is 0 Å². The van der Waals surface area contributed by atoms with Crippen molar-refractivity contribution in [2.24, 2.45) is 0 Å². The van der Waals surface area contributed by atoms with Gasteiger partial charge in [-0.2, -0.15) is 11.8 Å². The molecule has 1 heterocycles. The van der Waals surface area contributed by atoms with E-state index in [0.29, 0.717) is 19.4 Å². The molecule has 1 aromatic rings. The second kappa shape index (κ2) is 9.01. The van der Waals surface area contributed by atoms with Crippen molar-refractivity contribution in [3.8, 4) is 0 Å². The lowest BCUT2D eigenvalue weighted by Crippen LogP contribution is -2.25. The topological polar surface area (TPSA) is 62.2 Å². The molecule has 5 heteroatoms. The standard InChI is InChI=1S/C12H18N2O2S/c15-8-3-7-14-12(16)5-9-17-10-11-4-1-2-6-13-11/h1-2,4,6,15H,3,5,7-10H2,(H,14,16). The van der Waals surface area contributed by atoms with Crippen LogP contribution in [-0.2, 0) is 10.5 Å². The molecule has 1 amide bonds. The number of nitrogens with one attached hydrogen (secondary N) is 1. The first kappa shape index (κ1) is 14.0. The first-order chi connectivity index (χ1) is 8.33. The highest BCUT2D eigenvalue weighted by molar-refractivity contribution is 7.98. The lowest BCUT2D eigenvalue weighted by atomic mass is 10.4. The van der Waals surface area contributed by atoms with E-state index in [-0.39, 0.29) is 12.5 Å². The van der Waals surface area contributed by atoms with Crippen LogP contribution in [0.2, 0.25) is 0 Å². The summed E-state index contributed by atoms with van der Waals surface area (Å²) >= 11 is 1.70. The third-order valence-corrected chi connectivity index (χ3v) is 3.10. The number of amides is 1. The summed E-state index contributed by atoms with van der Waals surface area (Å²) < 4.78 is 0. The molecule has 0 spiro atoms. The van der Waals surface area contributed by atoms with Gasteiger partial charge in [0, 0.05) is 37.3 Å². The van der Waals surface area contributed by atoms with Crippen molar-refractivity contribution in [2.45, 2.75) is 18.6 Å². The third-order valence-electron chi connectivity index (χ3n) is 2.11. The Bertz CT molecular complexity index is 320. The molecule has 0 aliphatic rings. The molecule has 0 aliphatic carbocycles. The fourth-order valence-electron chi connectivity index (χ4n) is 1.22. The zero-order valence-electron chi connectivity index (χ0n) is 9.76. The largest absolute Gasteiger partial charge is 0.396 e. The highest BCUT2D eigenvalue weighted by atomic mass is 32.2. The number of aromatic nitrogens is 1. The van der Waals surface area contributed by atoms with E-state index in [1.54, 1.807) is 18.0 Å². The Morgan fingerprint density at radius 1 is 1.47 bits per heavy atom. The second-order valence-electron chi connectivity index (χ2n) is 3.55. The van der Waals surface area contributed by atoms with Crippen LogP contribution < -0.4 is 5.32 Å². The maximum absolute atomic E-state index is 11.3. The smallest absolute Gasteiger partial charge is 0.220 e. The van der Waals surface area contributed by atoms with Crippen LogP contribution >= 0.6 is 11.8 Å². The Morgan fingerprint density at radius 3 is 3.06 bits per heavy atom. The fraction of sp³-hybridized carbons (Fsp3) is 0.500. The van der Waals surface area contributed by atoms with Crippen LogP contribution in [0.1, 0.15) is 18.5 Å². The quantitative estimate of drug-likeness (QED) is 0.684. The predicted octanol–water partition coefficient (Wildman–Crippen LogP) is 1.20. The number of hydrogen-bond donors (Lipinski definition) is 2. The Kier molecular flexibility index (Phi) is 7.42. The van der Waals surface area contributed by atoms with E-state index in [0.717, 1.165) is 17.2 Å². The van der Waals surface area contributed by atoms with Crippen LogP contribution in [-0.4, -0.2) is 34.9 Å². The molecule has 1 rings (SSSR count). The minimum absolute atomic E-state index is 0.0481. The predicted molar refractivity (Wildman–Crippen MR) is 69.7 cm³/mol. The van der Waals surface area contributed by atoms with Gasteiger partial charge in [-0.1, -0.05) is 6.07 Å². The first-order valence-corrected chi connectivity index (χ1v) is 6.83. The van der Waals surface area contributed by atoms with Crippen molar-refractivity contribution in [2.75, 3.05) is 18.9 Å². The molecule has 1 aromatic heterocycles. The molecule has 0 bridgehead atoms. The average molecular weight is 254 g/mol. The number of pyridine rings is 1. The van der Waals surface area contributed by atoms with E-state index in [2.05, 4.69) is 10.3 Å². The number of carbonyl (C=O) groups is 1. The molecule has 2 N–H and O–H groups in total. The second-order valence-corrected chi connectivity index (χ2v) is 4.66. The normalized spacial score (nSPS) is 10.2. The zero-order valence-corrected chi connectivity index (χ0v) is 10.6. The van der Waals surface area contributed by atoms with Gasteiger partial charge in [-0.25, -0.2) is 0 Å². The van der Waals surface area contributed by atoms with Crippen molar-refractivity contribution >= 4 is 17.7 Å². The summed E-state index contributed by atoms with van der Waals surface area (Å²) in [6, 6.07) is 5.83. The Labute approximate surface area is 106 Å². The molecular formula is C12H18N2O2S.